The van der Waals surface area contributed by atoms with E-state index < -0.39 is 0 Å². The summed E-state index contributed by atoms with van der Waals surface area (Å²) in [6.07, 6.45) is 4.90. The van der Waals surface area contributed by atoms with Gasteiger partial charge in [0.05, 0.1) is 0 Å². The Morgan fingerprint density at radius 2 is 1.93 bits per heavy atom. The van der Waals surface area contributed by atoms with Crippen LogP contribution in [0, 0.1) is 11.3 Å². The van der Waals surface area contributed by atoms with Gasteiger partial charge in [0.25, 0.3) is 0 Å². The lowest BCUT2D eigenvalue weighted by Crippen LogP contribution is -2.31. The van der Waals surface area contributed by atoms with Crippen LogP contribution >= 0.6 is 11.8 Å². The molecule has 0 aliphatic heterocycles. The summed E-state index contributed by atoms with van der Waals surface area (Å²) in [5.74, 6) is 2.12. The first-order valence-electron chi connectivity index (χ1n) is 5.72. The highest BCUT2D eigenvalue weighted by Crippen LogP contribution is 2.29. The topological polar surface area (TPSA) is 12.0 Å². The van der Waals surface area contributed by atoms with Crippen molar-refractivity contribution in [1.82, 2.24) is 5.32 Å². The molecule has 0 spiro atoms. The fourth-order valence-corrected chi connectivity index (χ4v) is 2.09. The minimum atomic E-state index is 0.445. The molecular formula is C12H27NS. The Kier molecular flexibility index (Phi) is 7.75. The monoisotopic (exact) mass is 217 g/mol. The van der Waals surface area contributed by atoms with Crippen LogP contribution in [0.3, 0.4) is 0 Å². The maximum atomic E-state index is 3.48. The fraction of sp³-hybridized carbons (Fsp3) is 1.00. The molecule has 0 bridgehead atoms. The SMILES string of the molecule is CCNCC(CCCSC)C(C)(C)C. The maximum absolute atomic E-state index is 3.48. The quantitative estimate of drug-likeness (QED) is 0.656. The van der Waals surface area contributed by atoms with Crippen LogP contribution in [0.15, 0.2) is 0 Å². The Morgan fingerprint density at radius 3 is 2.36 bits per heavy atom. The van der Waals surface area contributed by atoms with Crippen molar-refractivity contribution in [2.24, 2.45) is 11.3 Å². The van der Waals surface area contributed by atoms with E-state index in [4.69, 9.17) is 0 Å². The van der Waals surface area contributed by atoms with Gasteiger partial charge in [0.1, 0.15) is 0 Å². The van der Waals surface area contributed by atoms with E-state index in [2.05, 4.69) is 39.3 Å². The third kappa shape index (κ3) is 6.72. The summed E-state index contributed by atoms with van der Waals surface area (Å²) in [6, 6.07) is 0. The normalized spacial score (nSPS) is 14.4. The van der Waals surface area contributed by atoms with E-state index in [9.17, 15) is 0 Å². The molecule has 0 amide bonds. The van der Waals surface area contributed by atoms with Crippen LogP contribution < -0.4 is 5.32 Å². The van der Waals surface area contributed by atoms with Gasteiger partial charge in [0.15, 0.2) is 0 Å². The van der Waals surface area contributed by atoms with Crippen molar-refractivity contribution >= 4 is 11.8 Å². The van der Waals surface area contributed by atoms with Crippen molar-refractivity contribution in [3.05, 3.63) is 0 Å². The van der Waals surface area contributed by atoms with Crippen LogP contribution in [0.1, 0.15) is 40.5 Å². The van der Waals surface area contributed by atoms with Crippen LogP contribution in [0.2, 0.25) is 0 Å². The summed E-state index contributed by atoms with van der Waals surface area (Å²) in [5, 5.41) is 3.48. The zero-order valence-corrected chi connectivity index (χ0v) is 11.3. The second-order valence-corrected chi connectivity index (χ2v) is 5.99. The van der Waals surface area contributed by atoms with E-state index in [-0.39, 0.29) is 0 Å². The van der Waals surface area contributed by atoms with Crippen molar-refractivity contribution in [2.45, 2.75) is 40.5 Å². The largest absolute Gasteiger partial charge is 0.317 e. The highest BCUT2D eigenvalue weighted by atomic mass is 32.2. The molecule has 0 saturated carbocycles. The van der Waals surface area contributed by atoms with Crippen LogP contribution in [-0.4, -0.2) is 25.1 Å². The summed E-state index contributed by atoms with van der Waals surface area (Å²) in [5.41, 5.74) is 0.445. The molecule has 1 unspecified atom stereocenters. The Morgan fingerprint density at radius 1 is 1.29 bits per heavy atom. The van der Waals surface area contributed by atoms with Gasteiger partial charge in [-0.15, -0.1) is 0 Å². The molecule has 86 valence electrons. The molecule has 0 heterocycles. The molecule has 0 aliphatic carbocycles. The molecule has 1 nitrogen and oxygen atoms in total. The van der Waals surface area contributed by atoms with Gasteiger partial charge in [-0.25, -0.2) is 0 Å². The molecule has 0 aliphatic rings. The first-order valence-corrected chi connectivity index (χ1v) is 7.11. The minimum Gasteiger partial charge on any atom is -0.317 e. The summed E-state index contributed by atoms with van der Waals surface area (Å²) in [7, 11) is 0. The van der Waals surface area contributed by atoms with E-state index in [1.54, 1.807) is 0 Å². The Bertz CT molecular complexity index is 129. The number of hydrogen-bond acceptors (Lipinski definition) is 2. The fourth-order valence-electron chi connectivity index (χ4n) is 1.63. The van der Waals surface area contributed by atoms with Gasteiger partial charge in [-0.3, -0.25) is 0 Å². The summed E-state index contributed by atoms with van der Waals surface area (Å²) in [6.45, 7) is 11.5. The maximum Gasteiger partial charge on any atom is -0.00156 e. The van der Waals surface area contributed by atoms with Crippen molar-refractivity contribution in [3.8, 4) is 0 Å². The lowest BCUT2D eigenvalue weighted by atomic mass is 9.78. The number of nitrogens with one attached hydrogen (secondary N) is 1. The Labute approximate surface area is 94.4 Å². The van der Waals surface area contributed by atoms with E-state index in [1.165, 1.54) is 25.1 Å². The molecule has 0 aromatic carbocycles. The number of rotatable bonds is 7. The zero-order chi connectivity index (χ0) is 11.0. The second kappa shape index (κ2) is 7.58. The van der Waals surface area contributed by atoms with E-state index in [1.807, 2.05) is 11.8 Å². The van der Waals surface area contributed by atoms with Crippen LogP contribution in [0.4, 0.5) is 0 Å². The number of hydrogen-bond donors (Lipinski definition) is 1. The average Bonchev–Trinajstić information content (AvgIpc) is 2.09. The van der Waals surface area contributed by atoms with Gasteiger partial charge >= 0.3 is 0 Å². The highest BCUT2D eigenvalue weighted by Gasteiger charge is 2.23. The molecule has 0 aromatic heterocycles. The van der Waals surface area contributed by atoms with Crippen molar-refractivity contribution in [2.75, 3.05) is 25.1 Å². The highest BCUT2D eigenvalue weighted by molar-refractivity contribution is 7.98. The second-order valence-electron chi connectivity index (χ2n) is 5.01. The molecule has 0 radical (unpaired) electrons. The average molecular weight is 217 g/mol. The Balaban J connectivity index is 3.85. The molecule has 0 fully saturated rings. The molecule has 0 aromatic rings. The van der Waals surface area contributed by atoms with E-state index in [0.717, 1.165) is 12.5 Å². The number of thioether (sulfide) groups is 1. The third-order valence-electron chi connectivity index (χ3n) is 2.77. The molecule has 2 heteroatoms. The van der Waals surface area contributed by atoms with Crippen LogP contribution in [-0.2, 0) is 0 Å². The minimum absolute atomic E-state index is 0.445. The zero-order valence-electron chi connectivity index (χ0n) is 10.5. The van der Waals surface area contributed by atoms with Gasteiger partial charge in [0.2, 0.25) is 0 Å². The molecule has 1 N–H and O–H groups in total. The van der Waals surface area contributed by atoms with Gasteiger partial charge in [-0.1, -0.05) is 27.7 Å². The predicted octanol–water partition coefficient (Wildman–Crippen LogP) is 3.40. The predicted molar refractivity (Wildman–Crippen MR) is 69.1 cm³/mol. The lowest BCUT2D eigenvalue weighted by molar-refractivity contribution is 0.219. The molecule has 1 atom stereocenters. The molecule has 0 rings (SSSR count). The van der Waals surface area contributed by atoms with Gasteiger partial charge < -0.3 is 5.32 Å². The first kappa shape index (κ1) is 14.3. The van der Waals surface area contributed by atoms with E-state index >= 15 is 0 Å². The third-order valence-corrected chi connectivity index (χ3v) is 3.46. The van der Waals surface area contributed by atoms with Gasteiger partial charge in [-0.05, 0) is 49.3 Å². The first-order chi connectivity index (χ1) is 6.52. The summed E-state index contributed by atoms with van der Waals surface area (Å²) in [4.78, 5) is 0. The summed E-state index contributed by atoms with van der Waals surface area (Å²) >= 11 is 1.96. The van der Waals surface area contributed by atoms with Gasteiger partial charge in [0, 0.05) is 0 Å². The molecule has 14 heavy (non-hydrogen) atoms. The van der Waals surface area contributed by atoms with Gasteiger partial charge in [-0.2, -0.15) is 11.8 Å². The van der Waals surface area contributed by atoms with Crippen LogP contribution in [0.5, 0.6) is 0 Å². The standard InChI is InChI=1S/C12H27NS/c1-6-13-10-11(12(2,3)4)8-7-9-14-5/h11,13H,6-10H2,1-5H3. The van der Waals surface area contributed by atoms with Crippen molar-refractivity contribution in [3.63, 3.8) is 0 Å². The smallest absolute Gasteiger partial charge is 0.00156 e. The summed E-state index contributed by atoms with van der Waals surface area (Å²) < 4.78 is 0. The lowest BCUT2D eigenvalue weighted by Gasteiger charge is -2.31. The Hall–Kier alpha value is 0.310. The van der Waals surface area contributed by atoms with Crippen molar-refractivity contribution in [1.29, 1.82) is 0 Å². The van der Waals surface area contributed by atoms with E-state index in [0.29, 0.717) is 5.41 Å². The van der Waals surface area contributed by atoms with Crippen LogP contribution in [0.25, 0.3) is 0 Å². The molecule has 0 saturated heterocycles. The van der Waals surface area contributed by atoms with Crippen molar-refractivity contribution < 1.29 is 0 Å². The molecular weight excluding hydrogens is 190 g/mol.